The minimum atomic E-state index is -0.483. The summed E-state index contributed by atoms with van der Waals surface area (Å²) in [5.74, 6) is 0.224. The van der Waals surface area contributed by atoms with Crippen LogP contribution in [-0.2, 0) is 6.61 Å². The standard InChI is InChI=1S/C24H19N5O4/c30-24(28-25-15-17-9-11-20(12-10-17)29(31)32)23-14-22(26-27-23)19-7-4-8-21(13-19)33-16-18-5-2-1-3-6-18/h1-15H,16H2,(H,26,27)(H,28,30)/b25-15-. The zero-order valence-electron chi connectivity index (χ0n) is 17.3. The Kier molecular flexibility index (Phi) is 6.51. The molecule has 1 aromatic heterocycles. The highest BCUT2D eigenvalue weighted by molar-refractivity contribution is 5.94. The molecule has 2 N–H and O–H groups in total. The Balaban J connectivity index is 1.37. The van der Waals surface area contributed by atoms with Gasteiger partial charge in [0, 0.05) is 17.7 Å². The van der Waals surface area contributed by atoms with Gasteiger partial charge in [0.25, 0.3) is 11.6 Å². The first kappa shape index (κ1) is 21.4. The molecule has 164 valence electrons. The second kappa shape index (κ2) is 10.0. The number of nitro benzene ring substituents is 1. The number of carbonyl (C=O) groups is 1. The second-order valence-electron chi connectivity index (χ2n) is 7.02. The number of amides is 1. The van der Waals surface area contributed by atoms with Crippen LogP contribution in [0.25, 0.3) is 11.3 Å². The fourth-order valence-electron chi connectivity index (χ4n) is 2.98. The predicted octanol–water partition coefficient (Wildman–Crippen LogP) is 4.33. The Bertz CT molecular complexity index is 1280. The summed E-state index contributed by atoms with van der Waals surface area (Å²) in [6.07, 6.45) is 1.40. The summed E-state index contributed by atoms with van der Waals surface area (Å²) < 4.78 is 5.85. The van der Waals surface area contributed by atoms with Crippen LogP contribution in [0.4, 0.5) is 5.69 Å². The number of aromatic nitrogens is 2. The highest BCUT2D eigenvalue weighted by Crippen LogP contribution is 2.23. The van der Waals surface area contributed by atoms with Gasteiger partial charge in [0.15, 0.2) is 0 Å². The first-order valence-corrected chi connectivity index (χ1v) is 9.99. The number of hydrazone groups is 1. The fourth-order valence-corrected chi connectivity index (χ4v) is 2.98. The lowest BCUT2D eigenvalue weighted by Gasteiger charge is -2.07. The molecule has 9 heteroatoms. The molecule has 0 saturated carbocycles. The van der Waals surface area contributed by atoms with Crippen molar-refractivity contribution in [1.29, 1.82) is 0 Å². The third kappa shape index (κ3) is 5.67. The largest absolute Gasteiger partial charge is 0.489 e. The highest BCUT2D eigenvalue weighted by Gasteiger charge is 2.11. The number of aromatic amines is 1. The van der Waals surface area contributed by atoms with Crippen molar-refractivity contribution in [3.8, 4) is 17.0 Å². The van der Waals surface area contributed by atoms with E-state index in [1.165, 1.54) is 30.5 Å². The maximum Gasteiger partial charge on any atom is 0.289 e. The molecule has 9 nitrogen and oxygen atoms in total. The van der Waals surface area contributed by atoms with Gasteiger partial charge in [-0.25, -0.2) is 5.43 Å². The van der Waals surface area contributed by atoms with Gasteiger partial charge in [-0.1, -0.05) is 42.5 Å². The number of H-pyrrole nitrogens is 1. The molecule has 1 amide bonds. The van der Waals surface area contributed by atoms with E-state index in [1.54, 1.807) is 6.07 Å². The van der Waals surface area contributed by atoms with Gasteiger partial charge in [-0.15, -0.1) is 0 Å². The molecule has 0 atom stereocenters. The molecule has 0 spiro atoms. The second-order valence-corrected chi connectivity index (χ2v) is 7.02. The lowest BCUT2D eigenvalue weighted by Crippen LogP contribution is -2.17. The van der Waals surface area contributed by atoms with Crippen molar-refractivity contribution in [3.63, 3.8) is 0 Å². The molecule has 4 aromatic rings. The molecule has 0 aliphatic heterocycles. The van der Waals surface area contributed by atoms with E-state index in [9.17, 15) is 14.9 Å². The van der Waals surface area contributed by atoms with E-state index in [0.29, 0.717) is 23.6 Å². The molecule has 3 aromatic carbocycles. The molecule has 0 saturated heterocycles. The van der Waals surface area contributed by atoms with Crippen LogP contribution in [0.1, 0.15) is 21.6 Å². The summed E-state index contributed by atoms with van der Waals surface area (Å²) in [7, 11) is 0. The number of carbonyl (C=O) groups excluding carboxylic acids is 1. The van der Waals surface area contributed by atoms with E-state index in [1.807, 2.05) is 54.6 Å². The molecule has 0 bridgehead atoms. The Morgan fingerprint density at radius 2 is 1.85 bits per heavy atom. The summed E-state index contributed by atoms with van der Waals surface area (Å²) in [6.45, 7) is 0.450. The van der Waals surface area contributed by atoms with E-state index >= 15 is 0 Å². The summed E-state index contributed by atoms with van der Waals surface area (Å²) in [5, 5.41) is 21.5. The Hall–Kier alpha value is -4.79. The van der Waals surface area contributed by atoms with Crippen LogP contribution in [0.15, 0.2) is 90.0 Å². The van der Waals surface area contributed by atoms with Gasteiger partial charge in [-0.3, -0.25) is 20.0 Å². The zero-order chi connectivity index (χ0) is 23.0. The molecule has 4 rings (SSSR count). The van der Waals surface area contributed by atoms with Gasteiger partial charge in [-0.2, -0.15) is 10.2 Å². The van der Waals surface area contributed by atoms with Crippen molar-refractivity contribution in [2.75, 3.05) is 0 Å². The third-order valence-corrected chi connectivity index (χ3v) is 4.68. The number of non-ortho nitro benzene ring substituents is 1. The van der Waals surface area contributed by atoms with Crippen molar-refractivity contribution in [3.05, 3.63) is 112 Å². The maximum atomic E-state index is 12.3. The minimum absolute atomic E-state index is 0.0179. The summed E-state index contributed by atoms with van der Waals surface area (Å²) in [4.78, 5) is 22.5. The van der Waals surface area contributed by atoms with E-state index in [0.717, 1.165) is 11.1 Å². The minimum Gasteiger partial charge on any atom is -0.489 e. The third-order valence-electron chi connectivity index (χ3n) is 4.68. The van der Waals surface area contributed by atoms with E-state index in [4.69, 9.17) is 4.74 Å². The fraction of sp³-hybridized carbons (Fsp3) is 0.0417. The summed E-state index contributed by atoms with van der Waals surface area (Å²) in [6, 6.07) is 24.7. The van der Waals surface area contributed by atoms with Crippen LogP contribution in [0.3, 0.4) is 0 Å². The Labute approximate surface area is 188 Å². The smallest absolute Gasteiger partial charge is 0.289 e. The van der Waals surface area contributed by atoms with Crippen molar-refractivity contribution < 1.29 is 14.5 Å². The molecule has 1 heterocycles. The first-order chi connectivity index (χ1) is 16.1. The molecule has 0 aliphatic carbocycles. The molecule has 0 fully saturated rings. The normalized spacial score (nSPS) is 10.8. The number of benzene rings is 3. The molecule has 0 unspecified atom stereocenters. The quantitative estimate of drug-likeness (QED) is 0.239. The van der Waals surface area contributed by atoms with Gasteiger partial charge in [0.2, 0.25) is 0 Å². The lowest BCUT2D eigenvalue weighted by atomic mass is 10.1. The number of hydrogen-bond acceptors (Lipinski definition) is 6. The topological polar surface area (TPSA) is 123 Å². The molecular formula is C24H19N5O4. The number of ether oxygens (including phenoxy) is 1. The van der Waals surface area contributed by atoms with Crippen molar-refractivity contribution in [2.24, 2.45) is 5.10 Å². The van der Waals surface area contributed by atoms with Crippen molar-refractivity contribution in [2.45, 2.75) is 6.61 Å². The number of hydrogen-bond donors (Lipinski definition) is 2. The molecule has 0 aliphatic rings. The van der Waals surface area contributed by atoms with Crippen molar-refractivity contribution >= 4 is 17.8 Å². The lowest BCUT2D eigenvalue weighted by molar-refractivity contribution is -0.384. The van der Waals surface area contributed by atoms with Gasteiger partial charge in [0.1, 0.15) is 18.1 Å². The van der Waals surface area contributed by atoms with Crippen LogP contribution in [0, 0.1) is 10.1 Å². The van der Waals surface area contributed by atoms with Gasteiger partial charge in [-0.05, 0) is 41.5 Å². The number of nitrogens with zero attached hydrogens (tertiary/aromatic N) is 3. The van der Waals surface area contributed by atoms with Crippen molar-refractivity contribution in [1.82, 2.24) is 15.6 Å². The zero-order valence-corrected chi connectivity index (χ0v) is 17.3. The van der Waals surface area contributed by atoms with Crippen LogP contribution < -0.4 is 10.2 Å². The Morgan fingerprint density at radius 1 is 1.06 bits per heavy atom. The highest BCUT2D eigenvalue weighted by atomic mass is 16.6. The SMILES string of the molecule is O=C(N/N=C\c1ccc([N+](=O)[O-])cc1)c1cc(-c2cccc(OCc3ccccc3)c2)n[nH]1. The molecular weight excluding hydrogens is 422 g/mol. The monoisotopic (exact) mass is 441 g/mol. The first-order valence-electron chi connectivity index (χ1n) is 9.99. The van der Waals surface area contributed by atoms with Crippen LogP contribution in [0.2, 0.25) is 0 Å². The summed E-state index contributed by atoms with van der Waals surface area (Å²) in [5.41, 5.74) is 5.68. The molecule has 0 radical (unpaired) electrons. The van der Waals surface area contributed by atoms with Crippen LogP contribution in [0.5, 0.6) is 5.75 Å². The molecule has 33 heavy (non-hydrogen) atoms. The van der Waals surface area contributed by atoms with Crippen LogP contribution in [-0.4, -0.2) is 27.2 Å². The number of nitro groups is 1. The van der Waals surface area contributed by atoms with Crippen LogP contribution >= 0.6 is 0 Å². The maximum absolute atomic E-state index is 12.3. The Morgan fingerprint density at radius 3 is 2.61 bits per heavy atom. The van der Waals surface area contributed by atoms with Gasteiger partial charge in [0.05, 0.1) is 16.8 Å². The van der Waals surface area contributed by atoms with E-state index in [-0.39, 0.29) is 11.4 Å². The van der Waals surface area contributed by atoms with Gasteiger partial charge >= 0.3 is 0 Å². The number of nitrogens with one attached hydrogen (secondary N) is 2. The van der Waals surface area contributed by atoms with E-state index in [2.05, 4.69) is 20.7 Å². The average Bonchev–Trinajstić information content (AvgIpc) is 3.34. The predicted molar refractivity (Wildman–Crippen MR) is 123 cm³/mol. The number of rotatable bonds is 8. The van der Waals surface area contributed by atoms with E-state index < -0.39 is 10.8 Å². The summed E-state index contributed by atoms with van der Waals surface area (Å²) >= 11 is 0. The average molecular weight is 441 g/mol. The van der Waals surface area contributed by atoms with Gasteiger partial charge < -0.3 is 4.74 Å².